The first-order valence-corrected chi connectivity index (χ1v) is 8.80. The van der Waals surface area contributed by atoms with E-state index in [2.05, 4.69) is 4.98 Å². The number of aromatic nitrogens is 2. The smallest absolute Gasteiger partial charge is 0.299 e. The van der Waals surface area contributed by atoms with Crippen molar-refractivity contribution < 1.29 is 9.92 Å². The summed E-state index contributed by atoms with van der Waals surface area (Å²) in [6.07, 6.45) is 4.93. The standard InChI is InChI=1S/C18H12Cl3N3O3/c19-13-3-1-12(2-4-13)18(27-24(25)26)16(10-23-8-7-22-11-23)15-6-5-14(20)9-17(15)21/h1-9,11H,10H2/b18-16-. The van der Waals surface area contributed by atoms with Gasteiger partial charge in [-0.2, -0.15) is 0 Å². The number of nitrogens with zero attached hydrogens (tertiary/aromatic N) is 3. The Kier molecular flexibility index (Phi) is 6.01. The summed E-state index contributed by atoms with van der Waals surface area (Å²) in [5, 5.41) is 11.6. The zero-order valence-electron chi connectivity index (χ0n) is 13.7. The van der Waals surface area contributed by atoms with Crippen molar-refractivity contribution in [3.63, 3.8) is 0 Å². The summed E-state index contributed by atoms with van der Waals surface area (Å²) in [7, 11) is 0. The van der Waals surface area contributed by atoms with Crippen LogP contribution in [0.25, 0.3) is 11.3 Å². The van der Waals surface area contributed by atoms with Crippen LogP contribution in [-0.4, -0.2) is 14.6 Å². The van der Waals surface area contributed by atoms with E-state index in [9.17, 15) is 10.1 Å². The maximum Gasteiger partial charge on any atom is 0.299 e. The molecule has 0 bridgehead atoms. The van der Waals surface area contributed by atoms with Crippen LogP contribution in [0.15, 0.2) is 61.2 Å². The Labute approximate surface area is 169 Å². The number of allylic oxidation sites excluding steroid dienone is 1. The molecule has 6 nitrogen and oxygen atoms in total. The fourth-order valence-electron chi connectivity index (χ4n) is 2.53. The van der Waals surface area contributed by atoms with E-state index < -0.39 is 5.09 Å². The van der Waals surface area contributed by atoms with Crippen molar-refractivity contribution in [1.82, 2.24) is 9.55 Å². The monoisotopic (exact) mass is 423 g/mol. The van der Waals surface area contributed by atoms with Crippen LogP contribution >= 0.6 is 34.8 Å². The molecule has 0 atom stereocenters. The lowest BCUT2D eigenvalue weighted by molar-refractivity contribution is -0.730. The van der Waals surface area contributed by atoms with E-state index in [1.165, 1.54) is 0 Å². The predicted molar refractivity (Wildman–Crippen MR) is 105 cm³/mol. The van der Waals surface area contributed by atoms with E-state index in [4.69, 9.17) is 39.6 Å². The van der Waals surface area contributed by atoms with Gasteiger partial charge in [0.1, 0.15) is 5.76 Å². The van der Waals surface area contributed by atoms with E-state index in [-0.39, 0.29) is 12.3 Å². The van der Waals surface area contributed by atoms with Gasteiger partial charge in [0.2, 0.25) is 0 Å². The number of rotatable bonds is 6. The van der Waals surface area contributed by atoms with Gasteiger partial charge in [-0.05, 0) is 24.3 Å². The second-order valence-corrected chi connectivity index (χ2v) is 6.77. The normalized spacial score (nSPS) is 11.8. The third kappa shape index (κ3) is 4.80. The van der Waals surface area contributed by atoms with Crippen LogP contribution in [0.4, 0.5) is 0 Å². The van der Waals surface area contributed by atoms with E-state index in [0.717, 1.165) is 0 Å². The molecule has 0 aliphatic carbocycles. The van der Waals surface area contributed by atoms with Crippen LogP contribution in [0, 0.1) is 10.1 Å². The first-order chi connectivity index (χ1) is 12.9. The third-order valence-corrected chi connectivity index (χ3v) is 4.50. The summed E-state index contributed by atoms with van der Waals surface area (Å²) in [4.78, 5) is 20.1. The van der Waals surface area contributed by atoms with Gasteiger partial charge in [0.25, 0.3) is 5.09 Å². The number of hydrogen-bond donors (Lipinski definition) is 0. The Morgan fingerprint density at radius 3 is 2.41 bits per heavy atom. The summed E-state index contributed by atoms with van der Waals surface area (Å²) < 4.78 is 1.75. The average molecular weight is 425 g/mol. The minimum Gasteiger partial charge on any atom is -0.333 e. The van der Waals surface area contributed by atoms with Crippen molar-refractivity contribution in [1.29, 1.82) is 0 Å². The van der Waals surface area contributed by atoms with E-state index in [1.807, 2.05) is 0 Å². The van der Waals surface area contributed by atoms with Crippen molar-refractivity contribution >= 4 is 46.1 Å². The molecule has 2 aromatic carbocycles. The highest BCUT2D eigenvalue weighted by molar-refractivity contribution is 6.36. The van der Waals surface area contributed by atoms with Gasteiger partial charge in [-0.3, -0.25) is 4.84 Å². The number of imidazole rings is 1. The van der Waals surface area contributed by atoms with Gasteiger partial charge in [-0.25, -0.2) is 4.98 Å². The number of hydrogen-bond acceptors (Lipinski definition) is 4. The molecule has 138 valence electrons. The molecule has 1 aromatic heterocycles. The first kappa shape index (κ1) is 19.2. The minimum atomic E-state index is -0.859. The molecular formula is C18H12Cl3N3O3. The quantitative estimate of drug-likeness (QED) is 0.223. The molecule has 0 saturated heterocycles. The van der Waals surface area contributed by atoms with Gasteiger partial charge in [-0.1, -0.05) is 53.0 Å². The maximum atomic E-state index is 11.2. The van der Waals surface area contributed by atoms with Crippen molar-refractivity contribution in [2.45, 2.75) is 6.54 Å². The Balaban J connectivity index is 2.24. The number of benzene rings is 2. The molecule has 0 aliphatic rings. The minimum absolute atomic E-state index is 0.0505. The van der Waals surface area contributed by atoms with Gasteiger partial charge in [0.05, 0.1) is 12.9 Å². The van der Waals surface area contributed by atoms with Gasteiger partial charge in [0.15, 0.2) is 0 Å². The second-order valence-electron chi connectivity index (χ2n) is 5.49. The lowest BCUT2D eigenvalue weighted by atomic mass is 10.0. The Hall–Kier alpha value is -2.54. The molecule has 27 heavy (non-hydrogen) atoms. The van der Waals surface area contributed by atoms with Gasteiger partial charge >= 0.3 is 0 Å². The molecule has 3 aromatic rings. The molecule has 0 amide bonds. The lowest BCUT2D eigenvalue weighted by Gasteiger charge is -2.16. The fraction of sp³-hybridized carbons (Fsp3) is 0.0556. The zero-order chi connectivity index (χ0) is 19.4. The average Bonchev–Trinajstić information content (AvgIpc) is 3.12. The summed E-state index contributed by atoms with van der Waals surface area (Å²) in [5.41, 5.74) is 1.53. The molecule has 0 spiro atoms. The first-order valence-electron chi connectivity index (χ1n) is 7.66. The summed E-state index contributed by atoms with van der Waals surface area (Å²) in [6.45, 7) is 0.243. The topological polar surface area (TPSA) is 70.2 Å². The highest BCUT2D eigenvalue weighted by Crippen LogP contribution is 2.34. The third-order valence-electron chi connectivity index (χ3n) is 3.70. The SMILES string of the molecule is O=[N+]([O-])O/C(=C(/Cn1ccnc1)c1ccc(Cl)cc1Cl)c1ccc(Cl)cc1. The fourth-order valence-corrected chi connectivity index (χ4v) is 3.18. The Morgan fingerprint density at radius 2 is 1.81 bits per heavy atom. The Morgan fingerprint density at radius 1 is 1.11 bits per heavy atom. The highest BCUT2D eigenvalue weighted by Gasteiger charge is 2.19. The summed E-state index contributed by atoms with van der Waals surface area (Å²) in [5.74, 6) is 0.0505. The van der Waals surface area contributed by atoms with Crippen molar-refractivity contribution in [2.24, 2.45) is 0 Å². The molecule has 0 aliphatic heterocycles. The van der Waals surface area contributed by atoms with E-state index in [1.54, 1.807) is 65.8 Å². The molecule has 0 radical (unpaired) electrons. The van der Waals surface area contributed by atoms with Crippen LogP contribution in [-0.2, 0) is 11.4 Å². The van der Waals surface area contributed by atoms with Crippen LogP contribution in [0.2, 0.25) is 15.1 Å². The summed E-state index contributed by atoms with van der Waals surface area (Å²) in [6, 6.07) is 11.4. The number of halogens is 3. The van der Waals surface area contributed by atoms with E-state index in [0.29, 0.717) is 31.8 Å². The van der Waals surface area contributed by atoms with Crippen molar-refractivity contribution in [3.8, 4) is 0 Å². The molecular weight excluding hydrogens is 413 g/mol. The molecule has 9 heteroatoms. The maximum absolute atomic E-state index is 11.2. The largest absolute Gasteiger partial charge is 0.333 e. The van der Waals surface area contributed by atoms with Gasteiger partial charge in [0, 0.05) is 44.2 Å². The second kappa shape index (κ2) is 8.43. The molecule has 3 rings (SSSR count). The van der Waals surface area contributed by atoms with Crippen molar-refractivity contribution in [2.75, 3.05) is 0 Å². The molecule has 0 saturated carbocycles. The highest BCUT2D eigenvalue weighted by atomic mass is 35.5. The van der Waals surface area contributed by atoms with Crippen LogP contribution in [0.3, 0.4) is 0 Å². The predicted octanol–water partition coefficient (Wildman–Crippen LogP) is 5.62. The van der Waals surface area contributed by atoms with Crippen molar-refractivity contribution in [3.05, 3.63) is 97.5 Å². The molecule has 0 N–H and O–H groups in total. The van der Waals surface area contributed by atoms with Gasteiger partial charge in [-0.15, -0.1) is 10.1 Å². The molecule has 1 heterocycles. The van der Waals surface area contributed by atoms with Gasteiger partial charge < -0.3 is 4.57 Å². The molecule has 0 unspecified atom stereocenters. The lowest BCUT2D eigenvalue weighted by Crippen LogP contribution is -2.07. The zero-order valence-corrected chi connectivity index (χ0v) is 15.9. The van der Waals surface area contributed by atoms with Crippen LogP contribution in [0.1, 0.15) is 11.1 Å². The molecule has 0 fully saturated rings. The van der Waals surface area contributed by atoms with Crippen LogP contribution in [0.5, 0.6) is 0 Å². The Bertz CT molecular complexity index is 987. The van der Waals surface area contributed by atoms with Crippen LogP contribution < -0.4 is 0 Å². The van der Waals surface area contributed by atoms with E-state index >= 15 is 0 Å². The summed E-state index contributed by atoms with van der Waals surface area (Å²) >= 11 is 18.3.